The Balaban J connectivity index is 2.04. The highest BCUT2D eigenvalue weighted by Crippen LogP contribution is 2.28. The van der Waals surface area contributed by atoms with Gasteiger partial charge in [0.05, 0.1) is 5.25 Å². The summed E-state index contributed by atoms with van der Waals surface area (Å²) in [6, 6.07) is 8.13. The van der Waals surface area contributed by atoms with Crippen LogP contribution in [0.1, 0.15) is 46.6 Å². The molecule has 0 radical (unpaired) electrons. The highest BCUT2D eigenvalue weighted by molar-refractivity contribution is 8.00. The molecule has 0 bridgehead atoms. The number of rotatable bonds is 6. The molecule has 1 amide bonds. The molecule has 1 N–H and O–H groups in total. The van der Waals surface area contributed by atoms with Crippen molar-refractivity contribution < 1.29 is 9.21 Å². The van der Waals surface area contributed by atoms with Crippen molar-refractivity contribution in [1.82, 2.24) is 15.5 Å². The fourth-order valence-corrected chi connectivity index (χ4v) is 2.79. The Morgan fingerprint density at radius 3 is 2.50 bits per heavy atom. The number of hydrogen-bond donors (Lipinski definition) is 1. The Bertz CT molecular complexity index is 674. The smallest absolute Gasteiger partial charge is 0.277 e. The maximum atomic E-state index is 11.9. The monoisotopic (exact) mass is 347 g/mol. The van der Waals surface area contributed by atoms with Crippen molar-refractivity contribution in [2.24, 2.45) is 0 Å². The molecule has 1 aromatic carbocycles. The van der Waals surface area contributed by atoms with Crippen LogP contribution in [-0.4, -0.2) is 27.9 Å². The molecule has 130 valence electrons. The van der Waals surface area contributed by atoms with Crippen molar-refractivity contribution in [3.63, 3.8) is 0 Å². The minimum Gasteiger partial charge on any atom is -0.411 e. The molecular weight excluding hydrogens is 322 g/mol. The lowest BCUT2D eigenvalue weighted by atomic mass is 9.87. The number of amides is 1. The predicted molar refractivity (Wildman–Crippen MR) is 97.1 cm³/mol. The maximum absolute atomic E-state index is 11.9. The van der Waals surface area contributed by atoms with Crippen LogP contribution in [0, 0.1) is 0 Å². The Labute approximate surface area is 147 Å². The third-order valence-corrected chi connectivity index (χ3v) is 4.53. The number of hydrogen-bond acceptors (Lipinski definition) is 5. The Morgan fingerprint density at radius 2 is 1.92 bits per heavy atom. The third kappa shape index (κ3) is 4.84. The molecule has 2 rings (SSSR count). The van der Waals surface area contributed by atoms with Gasteiger partial charge in [-0.05, 0) is 36.5 Å². The molecule has 1 atom stereocenters. The zero-order chi connectivity index (χ0) is 17.7. The van der Waals surface area contributed by atoms with E-state index in [-0.39, 0.29) is 16.6 Å². The van der Waals surface area contributed by atoms with Gasteiger partial charge in [0, 0.05) is 12.1 Å². The summed E-state index contributed by atoms with van der Waals surface area (Å²) in [5.74, 6) is 0.454. The summed E-state index contributed by atoms with van der Waals surface area (Å²) < 4.78 is 5.68. The zero-order valence-electron chi connectivity index (χ0n) is 14.9. The van der Waals surface area contributed by atoms with E-state index in [2.05, 4.69) is 48.4 Å². The first kappa shape index (κ1) is 18.5. The van der Waals surface area contributed by atoms with Crippen LogP contribution >= 0.6 is 11.8 Å². The Kier molecular flexibility index (Phi) is 6.04. The fraction of sp³-hybridized carbons (Fsp3) is 0.500. The summed E-state index contributed by atoms with van der Waals surface area (Å²) >= 11 is 1.27. The fourth-order valence-electron chi connectivity index (χ4n) is 2.08. The van der Waals surface area contributed by atoms with Crippen LogP contribution in [0.25, 0.3) is 11.5 Å². The average Bonchev–Trinajstić information content (AvgIpc) is 3.00. The largest absolute Gasteiger partial charge is 0.411 e. The second-order valence-corrected chi connectivity index (χ2v) is 8.04. The van der Waals surface area contributed by atoms with Gasteiger partial charge >= 0.3 is 0 Å². The molecule has 1 aromatic heterocycles. The van der Waals surface area contributed by atoms with E-state index < -0.39 is 0 Å². The van der Waals surface area contributed by atoms with Crippen molar-refractivity contribution in [3.05, 3.63) is 29.8 Å². The first-order valence-corrected chi connectivity index (χ1v) is 9.08. The molecule has 0 saturated carbocycles. The topological polar surface area (TPSA) is 68.0 Å². The van der Waals surface area contributed by atoms with Crippen molar-refractivity contribution >= 4 is 17.7 Å². The van der Waals surface area contributed by atoms with Crippen molar-refractivity contribution in [3.8, 4) is 11.5 Å². The molecule has 0 aliphatic rings. The van der Waals surface area contributed by atoms with E-state index in [1.54, 1.807) is 0 Å². The molecular formula is C18H25N3O2S. The van der Waals surface area contributed by atoms with Crippen molar-refractivity contribution in [2.45, 2.75) is 56.9 Å². The second kappa shape index (κ2) is 7.83. The molecule has 0 aliphatic heterocycles. The van der Waals surface area contributed by atoms with Crippen LogP contribution in [0.3, 0.4) is 0 Å². The lowest BCUT2D eigenvalue weighted by molar-refractivity contribution is -0.120. The highest BCUT2D eigenvalue weighted by Gasteiger charge is 2.19. The summed E-state index contributed by atoms with van der Waals surface area (Å²) in [7, 11) is 0. The van der Waals surface area contributed by atoms with E-state index in [1.807, 2.05) is 26.0 Å². The third-order valence-electron chi connectivity index (χ3n) is 3.60. The summed E-state index contributed by atoms with van der Waals surface area (Å²) in [6.45, 7) is 11.1. The van der Waals surface area contributed by atoms with Gasteiger partial charge in [-0.3, -0.25) is 4.79 Å². The van der Waals surface area contributed by atoms with Gasteiger partial charge in [-0.25, -0.2) is 0 Å². The molecule has 6 heteroatoms. The molecule has 0 fully saturated rings. The van der Waals surface area contributed by atoms with E-state index in [1.165, 1.54) is 17.3 Å². The van der Waals surface area contributed by atoms with Crippen LogP contribution in [-0.2, 0) is 10.2 Å². The van der Waals surface area contributed by atoms with Gasteiger partial charge < -0.3 is 9.73 Å². The van der Waals surface area contributed by atoms with Crippen molar-refractivity contribution in [2.75, 3.05) is 6.54 Å². The molecule has 5 nitrogen and oxygen atoms in total. The quantitative estimate of drug-likeness (QED) is 0.799. The Morgan fingerprint density at radius 1 is 1.25 bits per heavy atom. The zero-order valence-corrected chi connectivity index (χ0v) is 15.7. The number of carbonyl (C=O) groups excluding carboxylic acids is 1. The first-order chi connectivity index (χ1) is 11.3. The number of nitrogens with zero attached hydrogens (tertiary/aromatic N) is 2. The van der Waals surface area contributed by atoms with E-state index >= 15 is 0 Å². The number of carbonyl (C=O) groups is 1. The minimum atomic E-state index is -0.270. The SMILES string of the molecule is CCCNC(=O)C(C)Sc1nnc(-c2ccc(C(C)(C)C)cc2)o1. The summed E-state index contributed by atoms with van der Waals surface area (Å²) in [6.07, 6.45) is 0.915. The van der Waals surface area contributed by atoms with Crippen LogP contribution in [0.2, 0.25) is 0 Å². The summed E-state index contributed by atoms with van der Waals surface area (Å²) in [4.78, 5) is 11.9. The van der Waals surface area contributed by atoms with Gasteiger partial charge in [0.15, 0.2) is 0 Å². The lowest BCUT2D eigenvalue weighted by Crippen LogP contribution is -2.31. The highest BCUT2D eigenvalue weighted by atomic mass is 32.2. The average molecular weight is 347 g/mol. The lowest BCUT2D eigenvalue weighted by Gasteiger charge is -2.18. The molecule has 2 aromatic rings. The normalized spacial score (nSPS) is 12.9. The summed E-state index contributed by atoms with van der Waals surface area (Å²) in [5.41, 5.74) is 2.24. The molecule has 24 heavy (non-hydrogen) atoms. The first-order valence-electron chi connectivity index (χ1n) is 8.20. The van der Waals surface area contributed by atoms with Gasteiger partial charge in [0.2, 0.25) is 11.8 Å². The van der Waals surface area contributed by atoms with E-state index in [0.717, 1.165) is 12.0 Å². The van der Waals surface area contributed by atoms with Gasteiger partial charge in [-0.2, -0.15) is 0 Å². The standard InChI is InChI=1S/C18H25N3O2S/c1-6-11-19-15(22)12(2)24-17-21-20-16(23-17)13-7-9-14(10-8-13)18(3,4)5/h7-10,12H,6,11H2,1-5H3,(H,19,22). The molecule has 0 spiro atoms. The second-order valence-electron chi connectivity index (χ2n) is 6.75. The van der Waals surface area contributed by atoms with E-state index in [4.69, 9.17) is 4.42 Å². The van der Waals surface area contributed by atoms with Crippen LogP contribution in [0.5, 0.6) is 0 Å². The van der Waals surface area contributed by atoms with Gasteiger partial charge in [0.1, 0.15) is 0 Å². The minimum absolute atomic E-state index is 0.0175. The molecule has 0 aliphatic carbocycles. The number of thioether (sulfide) groups is 1. The van der Waals surface area contributed by atoms with Crippen LogP contribution in [0.4, 0.5) is 0 Å². The van der Waals surface area contributed by atoms with Crippen molar-refractivity contribution in [1.29, 1.82) is 0 Å². The molecule has 1 heterocycles. The Hall–Kier alpha value is -1.82. The number of aromatic nitrogens is 2. The van der Waals surface area contributed by atoms with Crippen LogP contribution in [0.15, 0.2) is 33.9 Å². The van der Waals surface area contributed by atoms with E-state index in [9.17, 15) is 4.79 Å². The number of nitrogens with one attached hydrogen (secondary N) is 1. The van der Waals surface area contributed by atoms with E-state index in [0.29, 0.717) is 17.7 Å². The summed E-state index contributed by atoms with van der Waals surface area (Å²) in [5, 5.41) is 11.1. The molecule has 1 unspecified atom stereocenters. The number of benzene rings is 1. The van der Waals surface area contributed by atoms with Gasteiger partial charge in [-0.1, -0.05) is 51.6 Å². The van der Waals surface area contributed by atoms with Crippen LogP contribution < -0.4 is 5.32 Å². The predicted octanol–water partition coefficient (Wildman–Crippen LogP) is 4.04. The van der Waals surface area contributed by atoms with Gasteiger partial charge in [0.25, 0.3) is 5.22 Å². The molecule has 0 saturated heterocycles. The van der Waals surface area contributed by atoms with Gasteiger partial charge in [-0.15, -0.1) is 10.2 Å². The maximum Gasteiger partial charge on any atom is 0.277 e.